The molecule has 0 bridgehead atoms. The van der Waals surface area contributed by atoms with Crippen LogP contribution in [0.5, 0.6) is 0 Å². The molecule has 1 saturated heterocycles. The summed E-state index contributed by atoms with van der Waals surface area (Å²) in [6.07, 6.45) is 0. The molecule has 128 valence electrons. The fraction of sp³-hybridized carbons (Fsp3) is 0.611. The van der Waals surface area contributed by atoms with E-state index in [4.69, 9.17) is 5.11 Å². The van der Waals surface area contributed by atoms with E-state index in [9.17, 15) is 4.79 Å². The number of nitrogens with one attached hydrogen (secondary N) is 1. The number of rotatable bonds is 6. The molecule has 2 rings (SSSR count). The summed E-state index contributed by atoms with van der Waals surface area (Å²) < 4.78 is 0. The molecule has 1 aliphatic heterocycles. The summed E-state index contributed by atoms with van der Waals surface area (Å²) in [5, 5.41) is 12.1. The number of hydrogen-bond donors (Lipinski definition) is 2. The van der Waals surface area contributed by atoms with Crippen LogP contribution < -0.4 is 5.32 Å². The van der Waals surface area contributed by atoms with Crippen LogP contribution in [0.3, 0.4) is 0 Å². The second-order valence-electron chi connectivity index (χ2n) is 6.36. The fourth-order valence-electron chi connectivity index (χ4n) is 3.17. The zero-order valence-electron chi connectivity index (χ0n) is 14.5. The Morgan fingerprint density at radius 3 is 2.48 bits per heavy atom. The monoisotopic (exact) mass is 319 g/mol. The highest BCUT2D eigenvalue weighted by atomic mass is 16.3. The molecule has 5 nitrogen and oxygen atoms in total. The first kappa shape index (κ1) is 17.9. The van der Waals surface area contributed by atoms with Crippen molar-refractivity contribution in [2.24, 2.45) is 0 Å². The molecule has 0 aromatic heterocycles. The number of aryl methyl sites for hydroxylation is 1. The first-order valence-electron chi connectivity index (χ1n) is 8.46. The molecule has 1 heterocycles. The van der Waals surface area contributed by atoms with Gasteiger partial charge in [0.1, 0.15) is 0 Å². The predicted molar refractivity (Wildman–Crippen MR) is 92.3 cm³/mol. The molecule has 1 amide bonds. The Bertz CT molecular complexity index is 513. The molecule has 2 N–H and O–H groups in total. The van der Waals surface area contributed by atoms with Gasteiger partial charge in [0.15, 0.2) is 0 Å². The van der Waals surface area contributed by atoms with Gasteiger partial charge in [-0.15, -0.1) is 0 Å². The van der Waals surface area contributed by atoms with Gasteiger partial charge in [-0.3, -0.25) is 14.6 Å². The van der Waals surface area contributed by atoms with E-state index >= 15 is 0 Å². The van der Waals surface area contributed by atoms with Gasteiger partial charge in [0.25, 0.3) is 0 Å². The van der Waals surface area contributed by atoms with E-state index in [0.717, 1.165) is 32.7 Å². The summed E-state index contributed by atoms with van der Waals surface area (Å²) in [4.78, 5) is 17.0. The molecular weight excluding hydrogens is 290 g/mol. The maximum Gasteiger partial charge on any atom is 0.237 e. The average Bonchev–Trinajstić information content (AvgIpc) is 2.55. The van der Waals surface area contributed by atoms with Gasteiger partial charge < -0.3 is 10.4 Å². The van der Waals surface area contributed by atoms with Gasteiger partial charge in [0.2, 0.25) is 5.91 Å². The van der Waals surface area contributed by atoms with Gasteiger partial charge in [-0.25, -0.2) is 0 Å². The van der Waals surface area contributed by atoms with Crippen LogP contribution in [0.4, 0.5) is 0 Å². The Balaban J connectivity index is 1.87. The lowest BCUT2D eigenvalue weighted by Crippen LogP contribution is -2.54. The number of carbonyl (C=O) groups is 1. The number of carbonyl (C=O) groups excluding carboxylic acids is 1. The van der Waals surface area contributed by atoms with E-state index in [1.165, 1.54) is 11.1 Å². The maximum absolute atomic E-state index is 12.5. The quantitative estimate of drug-likeness (QED) is 0.826. The minimum Gasteiger partial charge on any atom is -0.395 e. The second-order valence-corrected chi connectivity index (χ2v) is 6.36. The third kappa shape index (κ3) is 4.77. The van der Waals surface area contributed by atoms with Crippen molar-refractivity contribution in [2.75, 3.05) is 39.3 Å². The van der Waals surface area contributed by atoms with Crippen molar-refractivity contribution < 1.29 is 9.90 Å². The Labute approximate surface area is 139 Å². The van der Waals surface area contributed by atoms with Crippen LogP contribution in [0.25, 0.3) is 0 Å². The smallest absolute Gasteiger partial charge is 0.237 e. The third-order valence-electron chi connectivity index (χ3n) is 4.76. The lowest BCUT2D eigenvalue weighted by atomic mass is 10.0. The van der Waals surface area contributed by atoms with E-state index in [2.05, 4.69) is 34.2 Å². The molecule has 2 atom stereocenters. The Morgan fingerprint density at radius 1 is 1.22 bits per heavy atom. The predicted octanol–water partition coefficient (Wildman–Crippen LogP) is 1.17. The summed E-state index contributed by atoms with van der Waals surface area (Å²) in [6.45, 7) is 10.6. The molecule has 0 radical (unpaired) electrons. The van der Waals surface area contributed by atoms with E-state index in [1.54, 1.807) is 0 Å². The van der Waals surface area contributed by atoms with Crippen molar-refractivity contribution in [3.8, 4) is 0 Å². The van der Waals surface area contributed by atoms with Crippen LogP contribution in [0.2, 0.25) is 0 Å². The van der Waals surface area contributed by atoms with Crippen molar-refractivity contribution in [3.63, 3.8) is 0 Å². The van der Waals surface area contributed by atoms with Crippen LogP contribution in [0, 0.1) is 6.92 Å². The number of hydrogen-bond acceptors (Lipinski definition) is 4. The topological polar surface area (TPSA) is 55.8 Å². The number of aliphatic hydroxyl groups is 1. The van der Waals surface area contributed by atoms with Crippen molar-refractivity contribution in [1.29, 1.82) is 0 Å². The number of amides is 1. The summed E-state index contributed by atoms with van der Waals surface area (Å²) in [5.41, 5.74) is 2.37. The first-order chi connectivity index (χ1) is 11.0. The van der Waals surface area contributed by atoms with Gasteiger partial charge in [-0.1, -0.05) is 24.3 Å². The van der Waals surface area contributed by atoms with Crippen molar-refractivity contribution in [1.82, 2.24) is 15.1 Å². The van der Waals surface area contributed by atoms with Crippen LogP contribution in [0.1, 0.15) is 31.0 Å². The highest BCUT2D eigenvalue weighted by Crippen LogP contribution is 2.17. The minimum absolute atomic E-state index is 0.0156. The number of aliphatic hydroxyl groups excluding tert-OH is 1. The number of β-amino-alcohol motifs (C(OH)–C–C–N with tert-alkyl or cyclic N) is 1. The SMILES string of the molecule is Cc1ccccc1[C@@H](C)NC(=O)[C@H](C)N1CCN(CCO)CC1. The molecule has 1 fully saturated rings. The van der Waals surface area contributed by atoms with E-state index in [-0.39, 0.29) is 24.6 Å². The van der Waals surface area contributed by atoms with Crippen LogP contribution in [-0.2, 0) is 4.79 Å². The lowest BCUT2D eigenvalue weighted by molar-refractivity contribution is -0.127. The molecule has 1 aliphatic rings. The number of piperazine rings is 1. The summed E-state index contributed by atoms with van der Waals surface area (Å²) in [5.74, 6) is 0.0800. The van der Waals surface area contributed by atoms with Gasteiger partial charge >= 0.3 is 0 Å². The van der Waals surface area contributed by atoms with E-state index < -0.39 is 0 Å². The molecule has 23 heavy (non-hydrogen) atoms. The van der Waals surface area contributed by atoms with Crippen LogP contribution in [-0.4, -0.2) is 66.2 Å². The van der Waals surface area contributed by atoms with Gasteiger partial charge in [-0.2, -0.15) is 0 Å². The summed E-state index contributed by atoms with van der Waals surface area (Å²) in [7, 11) is 0. The van der Waals surface area contributed by atoms with Crippen LogP contribution in [0.15, 0.2) is 24.3 Å². The molecule has 5 heteroatoms. The van der Waals surface area contributed by atoms with Gasteiger partial charge in [-0.05, 0) is 31.9 Å². The fourth-order valence-corrected chi connectivity index (χ4v) is 3.17. The standard InChI is InChI=1S/C18H29N3O2/c1-14-6-4-5-7-17(14)15(2)19-18(23)16(3)21-10-8-20(9-11-21)12-13-22/h4-7,15-16,22H,8-13H2,1-3H3,(H,19,23)/t15-,16+/m1/s1. The van der Waals surface area contributed by atoms with Gasteiger partial charge in [0, 0.05) is 32.7 Å². The molecule has 0 spiro atoms. The summed E-state index contributed by atoms with van der Waals surface area (Å²) in [6, 6.07) is 8.05. The third-order valence-corrected chi connectivity index (χ3v) is 4.76. The Morgan fingerprint density at radius 2 is 1.87 bits per heavy atom. The van der Waals surface area contributed by atoms with Gasteiger partial charge in [0.05, 0.1) is 18.7 Å². The first-order valence-corrected chi connectivity index (χ1v) is 8.46. The van der Waals surface area contributed by atoms with E-state index in [1.807, 2.05) is 26.0 Å². The molecule has 0 saturated carbocycles. The maximum atomic E-state index is 12.5. The van der Waals surface area contributed by atoms with Crippen molar-refractivity contribution in [2.45, 2.75) is 32.9 Å². The highest BCUT2D eigenvalue weighted by Gasteiger charge is 2.26. The normalized spacial score (nSPS) is 19.3. The average molecular weight is 319 g/mol. The molecule has 1 aromatic rings. The minimum atomic E-state index is -0.127. The van der Waals surface area contributed by atoms with E-state index in [0.29, 0.717) is 0 Å². The highest BCUT2D eigenvalue weighted by molar-refractivity contribution is 5.81. The molecule has 1 aromatic carbocycles. The second kappa shape index (κ2) is 8.43. The number of benzene rings is 1. The Hall–Kier alpha value is -1.43. The van der Waals surface area contributed by atoms with Crippen molar-refractivity contribution >= 4 is 5.91 Å². The van der Waals surface area contributed by atoms with Crippen LogP contribution >= 0.6 is 0 Å². The molecule has 0 aliphatic carbocycles. The lowest BCUT2D eigenvalue weighted by Gasteiger charge is -2.37. The zero-order valence-corrected chi connectivity index (χ0v) is 14.5. The summed E-state index contributed by atoms with van der Waals surface area (Å²) >= 11 is 0. The van der Waals surface area contributed by atoms with Crippen molar-refractivity contribution in [3.05, 3.63) is 35.4 Å². The zero-order chi connectivity index (χ0) is 16.8. The molecular formula is C18H29N3O2. The Kier molecular flexibility index (Phi) is 6.57. The number of nitrogens with zero attached hydrogens (tertiary/aromatic N) is 2. The molecule has 0 unspecified atom stereocenters. The largest absolute Gasteiger partial charge is 0.395 e.